The second kappa shape index (κ2) is 6.89. The summed E-state index contributed by atoms with van der Waals surface area (Å²) >= 11 is 0. The molecule has 3 heteroatoms. The largest absolute Gasteiger partial charge is 0.372 e. The van der Waals surface area contributed by atoms with Gasteiger partial charge in [-0.1, -0.05) is 48.5 Å². The molecule has 0 saturated carbocycles. The van der Waals surface area contributed by atoms with Crippen LogP contribution in [0.4, 0.5) is 0 Å². The monoisotopic (exact) mass is 289 g/mol. The van der Waals surface area contributed by atoms with Gasteiger partial charge in [-0.25, -0.2) is 0 Å². The average molecular weight is 290 g/mol. The van der Waals surface area contributed by atoms with Crippen LogP contribution >= 0.6 is 12.4 Å². The van der Waals surface area contributed by atoms with Crippen molar-refractivity contribution in [3.63, 3.8) is 0 Å². The first kappa shape index (κ1) is 15.0. The Bertz CT molecular complexity index is 556. The van der Waals surface area contributed by atoms with Crippen molar-refractivity contribution in [1.82, 2.24) is 5.32 Å². The second-order valence-electron chi connectivity index (χ2n) is 4.91. The summed E-state index contributed by atoms with van der Waals surface area (Å²) in [5, 5.41) is 3.21. The number of benzene rings is 2. The molecule has 0 fully saturated rings. The highest BCUT2D eigenvalue weighted by Crippen LogP contribution is 2.34. The van der Waals surface area contributed by atoms with Gasteiger partial charge in [0, 0.05) is 6.54 Å². The number of fused-ring (bicyclic) bond motifs is 1. The lowest BCUT2D eigenvalue weighted by atomic mass is 9.89. The summed E-state index contributed by atoms with van der Waals surface area (Å²) in [5.74, 6) is 0. The van der Waals surface area contributed by atoms with Crippen LogP contribution in [0.5, 0.6) is 0 Å². The molecule has 2 nitrogen and oxygen atoms in total. The molecule has 1 aliphatic rings. The van der Waals surface area contributed by atoms with Gasteiger partial charge in [0.15, 0.2) is 0 Å². The Hall–Kier alpha value is -1.35. The summed E-state index contributed by atoms with van der Waals surface area (Å²) in [6, 6.07) is 17.2. The third-order valence-electron chi connectivity index (χ3n) is 3.70. The maximum absolute atomic E-state index is 5.87. The predicted molar refractivity (Wildman–Crippen MR) is 85.4 cm³/mol. The lowest BCUT2D eigenvalue weighted by molar-refractivity contribution is 0.0440. The molecule has 0 spiro atoms. The molecule has 0 bridgehead atoms. The fourth-order valence-electron chi connectivity index (χ4n) is 2.82. The van der Waals surface area contributed by atoms with E-state index in [1.54, 1.807) is 0 Å². The highest BCUT2D eigenvalue weighted by atomic mass is 35.5. The van der Waals surface area contributed by atoms with E-state index >= 15 is 0 Å². The minimum absolute atomic E-state index is 0. The summed E-state index contributed by atoms with van der Waals surface area (Å²) in [6.07, 6.45) is 1.18. The van der Waals surface area contributed by atoms with Crippen LogP contribution in [0, 0.1) is 0 Å². The molecule has 1 aliphatic heterocycles. The Morgan fingerprint density at radius 3 is 2.65 bits per heavy atom. The van der Waals surface area contributed by atoms with Gasteiger partial charge in [0.05, 0.1) is 12.7 Å². The normalized spacial score (nSPS) is 17.1. The van der Waals surface area contributed by atoms with Gasteiger partial charge < -0.3 is 10.1 Å². The van der Waals surface area contributed by atoms with E-state index in [9.17, 15) is 0 Å². The van der Waals surface area contributed by atoms with E-state index in [1.165, 1.54) is 22.3 Å². The molecule has 0 aliphatic carbocycles. The fourth-order valence-corrected chi connectivity index (χ4v) is 2.82. The molecular formula is C17H20ClNO. The molecule has 0 aromatic heterocycles. The fraction of sp³-hybridized carbons (Fsp3) is 0.294. The first-order valence-corrected chi connectivity index (χ1v) is 6.83. The van der Waals surface area contributed by atoms with Crippen LogP contribution < -0.4 is 5.32 Å². The van der Waals surface area contributed by atoms with Gasteiger partial charge in [-0.15, -0.1) is 12.4 Å². The van der Waals surface area contributed by atoms with Gasteiger partial charge >= 0.3 is 0 Å². The Morgan fingerprint density at radius 2 is 1.90 bits per heavy atom. The van der Waals surface area contributed by atoms with E-state index in [0.29, 0.717) is 0 Å². The maximum atomic E-state index is 5.87. The summed E-state index contributed by atoms with van der Waals surface area (Å²) in [6.45, 7) is 1.68. The van der Waals surface area contributed by atoms with Crippen molar-refractivity contribution in [3.8, 4) is 11.1 Å². The molecule has 1 N–H and O–H groups in total. The molecule has 0 unspecified atom stereocenters. The SMILES string of the molecule is CNC[C@@H]1OCCc2c(-c3ccccc3)cccc21.Cl. The van der Waals surface area contributed by atoms with Crippen molar-refractivity contribution < 1.29 is 4.74 Å². The third kappa shape index (κ3) is 2.88. The van der Waals surface area contributed by atoms with Gasteiger partial charge in [-0.3, -0.25) is 0 Å². The van der Waals surface area contributed by atoms with Crippen LogP contribution in [-0.2, 0) is 11.2 Å². The number of likely N-dealkylation sites (N-methyl/N-ethyl adjacent to an activating group) is 1. The zero-order chi connectivity index (χ0) is 13.1. The first-order chi connectivity index (χ1) is 9.40. The van der Waals surface area contributed by atoms with Crippen molar-refractivity contribution in [2.45, 2.75) is 12.5 Å². The van der Waals surface area contributed by atoms with Crippen molar-refractivity contribution in [1.29, 1.82) is 0 Å². The first-order valence-electron chi connectivity index (χ1n) is 6.83. The number of ether oxygens (including phenoxy) is 1. The lowest BCUT2D eigenvalue weighted by Gasteiger charge is -2.28. The lowest BCUT2D eigenvalue weighted by Crippen LogP contribution is -2.25. The van der Waals surface area contributed by atoms with Crippen LogP contribution in [0.1, 0.15) is 17.2 Å². The van der Waals surface area contributed by atoms with Crippen molar-refractivity contribution in [2.24, 2.45) is 0 Å². The Morgan fingerprint density at radius 1 is 1.10 bits per heavy atom. The highest BCUT2D eigenvalue weighted by Gasteiger charge is 2.22. The molecule has 20 heavy (non-hydrogen) atoms. The Labute approximate surface area is 126 Å². The molecular weight excluding hydrogens is 270 g/mol. The minimum atomic E-state index is 0. The topological polar surface area (TPSA) is 21.3 Å². The maximum Gasteiger partial charge on any atom is 0.0952 e. The van der Waals surface area contributed by atoms with E-state index in [-0.39, 0.29) is 18.5 Å². The quantitative estimate of drug-likeness (QED) is 0.932. The minimum Gasteiger partial charge on any atom is -0.372 e. The van der Waals surface area contributed by atoms with Crippen molar-refractivity contribution >= 4 is 12.4 Å². The number of halogens is 1. The zero-order valence-electron chi connectivity index (χ0n) is 11.6. The summed E-state index contributed by atoms with van der Waals surface area (Å²) in [5.41, 5.74) is 5.43. The summed E-state index contributed by atoms with van der Waals surface area (Å²) in [7, 11) is 1.97. The van der Waals surface area contributed by atoms with Gasteiger partial charge in [0.1, 0.15) is 0 Å². The standard InChI is InChI=1S/C17H19NO.ClH/c1-18-12-17-16-9-5-8-14(15(16)10-11-19-17)13-6-3-2-4-7-13;/h2-9,17-18H,10-12H2,1H3;1H/t17-;/m0./s1. The molecule has 3 rings (SSSR count). The number of hydrogen-bond donors (Lipinski definition) is 1. The Balaban J connectivity index is 0.00000147. The number of nitrogens with one attached hydrogen (secondary N) is 1. The van der Waals surface area contributed by atoms with Crippen molar-refractivity contribution in [2.75, 3.05) is 20.2 Å². The van der Waals surface area contributed by atoms with E-state index in [2.05, 4.69) is 53.8 Å². The van der Waals surface area contributed by atoms with Crippen molar-refractivity contribution in [3.05, 3.63) is 59.7 Å². The number of rotatable bonds is 3. The summed E-state index contributed by atoms with van der Waals surface area (Å²) in [4.78, 5) is 0. The van der Waals surface area contributed by atoms with Gasteiger partial charge in [-0.2, -0.15) is 0 Å². The summed E-state index contributed by atoms with van der Waals surface area (Å²) < 4.78 is 5.87. The van der Waals surface area contributed by atoms with Crippen LogP contribution in [0.2, 0.25) is 0 Å². The molecule has 0 radical (unpaired) electrons. The third-order valence-corrected chi connectivity index (χ3v) is 3.70. The van der Waals surface area contributed by atoms with Crippen LogP contribution in [0.25, 0.3) is 11.1 Å². The number of hydrogen-bond acceptors (Lipinski definition) is 2. The van der Waals surface area contributed by atoms with Crippen LogP contribution in [0.3, 0.4) is 0 Å². The molecule has 0 amide bonds. The molecule has 2 aromatic carbocycles. The molecule has 1 atom stereocenters. The van der Waals surface area contributed by atoms with E-state index < -0.39 is 0 Å². The van der Waals surface area contributed by atoms with E-state index in [0.717, 1.165) is 19.6 Å². The van der Waals surface area contributed by atoms with E-state index in [1.807, 2.05) is 7.05 Å². The molecule has 106 valence electrons. The smallest absolute Gasteiger partial charge is 0.0952 e. The van der Waals surface area contributed by atoms with Gasteiger partial charge in [0.2, 0.25) is 0 Å². The molecule has 1 heterocycles. The predicted octanol–water partition coefficient (Wildman–Crippen LogP) is 3.61. The van der Waals surface area contributed by atoms with Gasteiger partial charge in [0.25, 0.3) is 0 Å². The highest BCUT2D eigenvalue weighted by molar-refractivity contribution is 5.85. The zero-order valence-corrected chi connectivity index (χ0v) is 12.5. The van der Waals surface area contributed by atoms with Crippen LogP contribution in [-0.4, -0.2) is 20.2 Å². The average Bonchev–Trinajstić information content (AvgIpc) is 2.48. The molecule has 2 aromatic rings. The van der Waals surface area contributed by atoms with Gasteiger partial charge in [-0.05, 0) is 35.7 Å². The van der Waals surface area contributed by atoms with E-state index in [4.69, 9.17) is 4.74 Å². The van der Waals surface area contributed by atoms with Crippen LogP contribution in [0.15, 0.2) is 48.5 Å². The second-order valence-corrected chi connectivity index (χ2v) is 4.91. The molecule has 0 saturated heterocycles. The Kier molecular flexibility index (Phi) is 5.18.